The number of nitrogens with one attached hydrogen (secondary N) is 10. The van der Waals surface area contributed by atoms with Crippen molar-refractivity contribution < 1.29 is 103 Å². The topological polar surface area (TPSA) is 502 Å². The highest BCUT2D eigenvalue weighted by atomic mass is 35.5. The second-order valence-electron chi connectivity index (χ2n) is 35.4. The summed E-state index contributed by atoms with van der Waals surface area (Å²) >= 11 is 14.8. The van der Waals surface area contributed by atoms with Gasteiger partial charge in [-0.3, -0.25) is 38.4 Å². The molecule has 15 bridgehead atoms. The van der Waals surface area contributed by atoms with Crippen LogP contribution in [0.15, 0.2) is 12.1 Å². The number of hydrogen-bond donors (Lipinski definition) is 20. The fraction of sp³-hybridized carbons (Fsp3) is 0.825. The van der Waals surface area contributed by atoms with Gasteiger partial charge in [0.1, 0.15) is 72.9 Å². The number of halogens is 2. The number of primary amides is 1. The van der Waals surface area contributed by atoms with E-state index in [9.17, 15) is 55.5 Å². The largest absolute Gasteiger partial charge is 0.485 e. The van der Waals surface area contributed by atoms with Crippen LogP contribution >= 0.6 is 23.2 Å². The SMILES string of the molecule is CCCCCCCCNCCNCC1[C@H](O)C2C3C[C@H](CC[C@H]3O)[C@H]3NC(=O)[C@@H]4NC(=O)[C@H](CC(N)=O)NC(=O)[C@H](NC(=O)[C@@H](CC(C)C)NC)[C@H](O)[C@H]5CC[C@@H](Oc6cc4cc(c6O[C@@H]4O[C@H](CO)[C@@H](O)[C@H](O)[C@H]4O)O[C@@H]4CC[C@@H](C[C@@H]4Cl)[C@@H](O)[C@H](NC3=O)C(=O)N[C@H](C(=O)NC3C4CC6CC(C4)CC3C6)C2C[C@@H]1O)[C@H](Cl)C5. The van der Waals surface area contributed by atoms with Crippen molar-refractivity contribution in [3.05, 3.63) is 17.7 Å². The molecule has 10 fully saturated rings. The third-order valence-corrected chi connectivity index (χ3v) is 28.1. The monoisotopic (exact) mass is 1650 g/mol. The quantitative estimate of drug-likeness (QED) is 0.0448. The van der Waals surface area contributed by atoms with Gasteiger partial charge in [-0.05, 0) is 206 Å². The van der Waals surface area contributed by atoms with Crippen LogP contribution in [0.4, 0.5) is 0 Å². The summed E-state index contributed by atoms with van der Waals surface area (Å²) in [7, 11) is 1.54. The summed E-state index contributed by atoms with van der Waals surface area (Å²) in [5, 5.41) is 136. The lowest BCUT2D eigenvalue weighted by atomic mass is 9.54. The minimum absolute atomic E-state index is 0.00221. The molecule has 114 heavy (non-hydrogen) atoms. The van der Waals surface area contributed by atoms with Gasteiger partial charge in [0.05, 0.1) is 60.3 Å². The van der Waals surface area contributed by atoms with E-state index in [1.54, 1.807) is 7.05 Å². The molecule has 6 aliphatic heterocycles. The Kier molecular flexibility index (Phi) is 30.1. The first-order valence-electron chi connectivity index (χ1n) is 42.2. The van der Waals surface area contributed by atoms with E-state index in [2.05, 4.69) is 60.1 Å². The maximum Gasteiger partial charge on any atom is 0.247 e. The number of ether oxygens (including phenoxy) is 4. The Hall–Kier alpha value is -5.56. The van der Waals surface area contributed by atoms with E-state index >= 15 is 28.8 Å². The van der Waals surface area contributed by atoms with Gasteiger partial charge in [0.25, 0.3) is 0 Å². The third kappa shape index (κ3) is 20.1. The number of carbonyl (C=O) groups excluding carboxylic acids is 8. The molecule has 2 saturated heterocycles. The van der Waals surface area contributed by atoms with Gasteiger partial charge in [-0.25, -0.2) is 0 Å². The molecular weight excluding hydrogens is 1520 g/mol. The van der Waals surface area contributed by atoms with Gasteiger partial charge in [0.15, 0.2) is 11.5 Å². The number of unbranched alkanes of at least 4 members (excludes halogenated alkanes) is 5. The lowest BCUT2D eigenvalue weighted by Crippen LogP contribution is -2.68. The molecule has 21 N–H and O–H groups in total. The Bertz CT molecular complexity index is 3470. The number of amides is 8. The molecule has 28 atom stereocenters. The Morgan fingerprint density at radius 3 is 1.83 bits per heavy atom. The highest BCUT2D eigenvalue weighted by Crippen LogP contribution is 2.55. The van der Waals surface area contributed by atoms with Crippen LogP contribution < -0.4 is 73.1 Å². The van der Waals surface area contributed by atoms with E-state index in [-0.39, 0.29) is 118 Å². The minimum Gasteiger partial charge on any atom is -0.485 e. The molecule has 14 aliphatic rings. The van der Waals surface area contributed by atoms with Crippen molar-refractivity contribution in [3.8, 4) is 17.2 Å². The molecule has 6 heterocycles. The van der Waals surface area contributed by atoms with Crippen LogP contribution in [0.3, 0.4) is 0 Å². The summed E-state index contributed by atoms with van der Waals surface area (Å²) in [6.07, 6.45) is -8.67. The van der Waals surface area contributed by atoms with Crippen molar-refractivity contribution in [2.24, 2.45) is 76.7 Å². The van der Waals surface area contributed by atoms with Crippen LogP contribution in [0.2, 0.25) is 0 Å². The normalized spacial score (nSPS) is 40.6. The number of aliphatic hydroxyl groups is 9. The molecule has 15 rings (SSSR count). The average molecular weight is 1650 g/mol. The fourth-order valence-corrected chi connectivity index (χ4v) is 22.1. The number of benzene rings is 1. The van der Waals surface area contributed by atoms with Crippen LogP contribution in [0.5, 0.6) is 17.2 Å². The maximum atomic E-state index is 16.5. The Balaban J connectivity index is 0.970. The Morgan fingerprint density at radius 1 is 0.596 bits per heavy atom. The van der Waals surface area contributed by atoms with Gasteiger partial charge in [-0.2, -0.15) is 0 Å². The molecule has 32 nitrogen and oxygen atoms in total. The summed E-state index contributed by atoms with van der Waals surface area (Å²) in [6, 6.07) is -9.88. The summed E-state index contributed by atoms with van der Waals surface area (Å²) in [6.45, 7) is 7.01. The zero-order valence-electron chi connectivity index (χ0n) is 65.8. The molecule has 0 spiro atoms. The van der Waals surface area contributed by atoms with Crippen molar-refractivity contribution in [2.75, 3.05) is 39.8 Å². The van der Waals surface area contributed by atoms with E-state index < -0.39 is 234 Å². The Morgan fingerprint density at radius 2 is 1.21 bits per heavy atom. The van der Waals surface area contributed by atoms with Crippen molar-refractivity contribution >= 4 is 70.5 Å². The van der Waals surface area contributed by atoms with E-state index in [1.807, 2.05) is 13.8 Å². The molecule has 8 saturated carbocycles. The van der Waals surface area contributed by atoms with E-state index in [4.69, 9.17) is 47.9 Å². The molecule has 8 amide bonds. The van der Waals surface area contributed by atoms with Gasteiger partial charge in [0.2, 0.25) is 59.3 Å². The van der Waals surface area contributed by atoms with Crippen LogP contribution in [0, 0.1) is 71.0 Å². The number of aliphatic hydroxyl groups excluding tert-OH is 9. The number of nitrogens with two attached hydrogens (primary N) is 1. The Labute approximate surface area is 676 Å². The van der Waals surface area contributed by atoms with Crippen molar-refractivity contribution in [3.63, 3.8) is 0 Å². The van der Waals surface area contributed by atoms with Crippen molar-refractivity contribution in [2.45, 2.75) is 301 Å². The standard InChI is InChI=1S/C80H125Cl2N11O21/c1-5-6-7-8-9-10-17-85-18-19-86-33-46-52(96)31-45-59(68(46)100)44-26-38(11-14-51(44)95)61-75(106)93-65(79(110)91-63(45)77(108)88-60-41-22-36-21-37(24-41)25-42(60)23-36)67(99)40-13-16-54(48(82)28-40)112-56-30-43-29-55(72(56)114-80-71(103)70(102)69(101)57(34-94)113-80)111-53-15-12-39(27-47(53)81)66(98)64(92-73(104)49(84-4)20-35(2)3)78(109)87-50(32-58(83)97)74(105)89-62(43)76(107)90-61/h29-30,35-42,44-54,57,59-71,80,84-86,94-96,98-103H,5-28,31-34H2,1-4H3,(H2,83,97)(H,87,109)(H,88,108)(H,89,105)(H,90,107)(H,91,110)(H,92,104)(H,93,106)/t36?,37?,38-,39-,40-,41?,42?,44?,45?,46?,47+,48-,49+,50-,51+,52-,53+,54+,57+,59?,60?,61+,62+,63-,64+,65-,66+,67+,68-,69+,70-,71+,80-/m0/s1. The first-order chi connectivity index (χ1) is 54.5. The highest BCUT2D eigenvalue weighted by Gasteiger charge is 2.58. The van der Waals surface area contributed by atoms with E-state index in [0.717, 1.165) is 64.3 Å². The number of rotatable bonds is 24. The number of carbonyl (C=O) groups is 8. The predicted molar refractivity (Wildman–Crippen MR) is 414 cm³/mol. The smallest absolute Gasteiger partial charge is 0.247 e. The number of hydrogen-bond acceptors (Lipinski definition) is 24. The molecule has 1 aromatic carbocycles. The second-order valence-corrected chi connectivity index (χ2v) is 36.5. The molecular formula is C80H125Cl2N11O21. The molecule has 640 valence electrons. The molecule has 8 aliphatic carbocycles. The summed E-state index contributed by atoms with van der Waals surface area (Å²) in [5.41, 5.74) is 5.63. The molecule has 0 aromatic heterocycles. The molecule has 0 radical (unpaired) electrons. The molecule has 4 unspecified atom stereocenters. The highest BCUT2D eigenvalue weighted by molar-refractivity contribution is 6.21. The van der Waals surface area contributed by atoms with Crippen LogP contribution in [0.1, 0.15) is 180 Å². The maximum absolute atomic E-state index is 16.5. The first kappa shape index (κ1) is 87.7. The third-order valence-electron chi connectivity index (χ3n) is 27.2. The van der Waals surface area contributed by atoms with Gasteiger partial charge in [-0.1, -0.05) is 52.9 Å². The fourth-order valence-electron chi connectivity index (χ4n) is 21.2. The van der Waals surface area contributed by atoms with Gasteiger partial charge in [0, 0.05) is 31.6 Å². The second kappa shape index (κ2) is 39.1. The zero-order valence-corrected chi connectivity index (χ0v) is 67.4. The molecule has 1 aromatic rings. The lowest BCUT2D eigenvalue weighted by molar-refractivity contribution is -0.278. The predicted octanol–water partition coefficient (Wildman–Crippen LogP) is -0.740. The summed E-state index contributed by atoms with van der Waals surface area (Å²) in [4.78, 5) is 123. The van der Waals surface area contributed by atoms with Crippen LogP contribution in [-0.2, 0) is 43.1 Å². The zero-order chi connectivity index (χ0) is 81.7. The van der Waals surface area contributed by atoms with Crippen LogP contribution in [0.25, 0.3) is 0 Å². The first-order valence-corrected chi connectivity index (χ1v) is 43.1. The summed E-state index contributed by atoms with van der Waals surface area (Å²) < 4.78 is 26.3. The van der Waals surface area contributed by atoms with Gasteiger partial charge < -0.3 is 124 Å². The van der Waals surface area contributed by atoms with Gasteiger partial charge >= 0.3 is 0 Å². The van der Waals surface area contributed by atoms with Crippen molar-refractivity contribution in [1.82, 2.24) is 53.2 Å². The minimum atomic E-state index is -2.13. The summed E-state index contributed by atoms with van der Waals surface area (Å²) in [5.74, 6) is -14.8. The number of alkyl halides is 2. The van der Waals surface area contributed by atoms with E-state index in [0.29, 0.717) is 24.9 Å². The van der Waals surface area contributed by atoms with Gasteiger partial charge in [-0.15, -0.1) is 23.2 Å². The van der Waals surface area contributed by atoms with E-state index in [1.165, 1.54) is 25.0 Å². The van der Waals surface area contributed by atoms with Crippen LogP contribution in [-0.4, -0.2) is 260 Å². The van der Waals surface area contributed by atoms with Crippen molar-refractivity contribution in [1.29, 1.82) is 0 Å². The number of fused-ring (bicyclic) bond motifs is 15. The number of likely N-dealkylation sites (N-methyl/N-ethyl adjacent to an activating group) is 1. The average Bonchev–Trinajstić information content (AvgIpc) is 0.753. The molecule has 34 heteroatoms. The lowest BCUT2D eigenvalue weighted by Gasteiger charge is -2.55.